The molecule has 2 bridgehead atoms. The van der Waals surface area contributed by atoms with Crippen molar-refractivity contribution < 1.29 is 9.18 Å². The van der Waals surface area contributed by atoms with Crippen molar-refractivity contribution in [3.8, 4) is 0 Å². The maximum absolute atomic E-state index is 13.2. The maximum Gasteiger partial charge on any atom is 0.319 e. The van der Waals surface area contributed by atoms with Crippen molar-refractivity contribution in [3.63, 3.8) is 0 Å². The zero-order valence-corrected chi connectivity index (χ0v) is 18.4. The minimum atomic E-state index is -0.295. The molecule has 4 aliphatic rings. The Morgan fingerprint density at radius 1 is 1.07 bits per heavy atom. The quantitative estimate of drug-likeness (QED) is 0.525. The molecule has 4 heteroatoms. The first-order chi connectivity index (χ1) is 14.2. The summed E-state index contributed by atoms with van der Waals surface area (Å²) >= 11 is 0. The second-order valence-electron chi connectivity index (χ2n) is 11.2. The molecule has 162 valence electrons. The van der Waals surface area contributed by atoms with E-state index < -0.39 is 0 Å². The monoisotopic (exact) mass is 410 g/mol. The summed E-state index contributed by atoms with van der Waals surface area (Å²) in [6.45, 7) is 9.22. The Morgan fingerprint density at radius 3 is 2.60 bits per heavy atom. The molecule has 4 aliphatic carbocycles. The van der Waals surface area contributed by atoms with Crippen LogP contribution in [0.3, 0.4) is 0 Å². The van der Waals surface area contributed by atoms with Crippen molar-refractivity contribution in [2.75, 3.05) is 5.32 Å². The van der Waals surface area contributed by atoms with E-state index in [1.54, 1.807) is 12.1 Å². The van der Waals surface area contributed by atoms with Gasteiger partial charge in [0.25, 0.3) is 0 Å². The minimum absolute atomic E-state index is 0.174. The zero-order valence-electron chi connectivity index (χ0n) is 18.4. The molecular formula is C26H35FN2O. The Kier molecular flexibility index (Phi) is 4.57. The molecule has 0 aromatic heterocycles. The normalized spacial score (nSPS) is 42.2. The number of halogens is 1. The van der Waals surface area contributed by atoms with E-state index in [4.69, 9.17) is 0 Å². The van der Waals surface area contributed by atoms with Gasteiger partial charge in [-0.15, -0.1) is 0 Å². The number of fused-ring (bicyclic) bond motifs is 3. The van der Waals surface area contributed by atoms with Crippen LogP contribution >= 0.6 is 0 Å². The average Bonchev–Trinajstić information content (AvgIpc) is 2.91. The first-order valence-corrected chi connectivity index (χ1v) is 11.8. The van der Waals surface area contributed by atoms with E-state index in [1.807, 2.05) is 0 Å². The van der Waals surface area contributed by atoms with Crippen LogP contribution in [0.25, 0.3) is 0 Å². The second kappa shape index (κ2) is 6.83. The van der Waals surface area contributed by atoms with Gasteiger partial charge >= 0.3 is 6.03 Å². The summed E-state index contributed by atoms with van der Waals surface area (Å²) in [4.78, 5) is 12.9. The van der Waals surface area contributed by atoms with Gasteiger partial charge in [-0.05, 0) is 111 Å². The minimum Gasteiger partial charge on any atom is -0.332 e. The molecule has 1 aromatic rings. The molecule has 0 heterocycles. The standard InChI is InChI=1S/C26H35FN2O/c1-17-15-26-14-11-21-24(2,22(26)10-5-18(17)16-26)12-4-13-25(21,3)29-23(30)28-20-8-6-19(27)7-9-20/h6-9,18,21-22H,1,4-5,10-16H2,2-3H3,(H2,28,29,30)/t18-,21-,22-,24+,25+,26+/m0/s1. The van der Waals surface area contributed by atoms with Gasteiger partial charge < -0.3 is 10.6 Å². The summed E-state index contributed by atoms with van der Waals surface area (Å²) in [5.41, 5.74) is 2.69. The van der Waals surface area contributed by atoms with Gasteiger partial charge in [0.2, 0.25) is 0 Å². The van der Waals surface area contributed by atoms with Gasteiger partial charge in [0.05, 0.1) is 0 Å². The molecule has 1 aromatic carbocycles. The molecule has 2 N–H and O–H groups in total. The van der Waals surface area contributed by atoms with Crippen molar-refractivity contribution in [1.82, 2.24) is 5.32 Å². The first-order valence-electron chi connectivity index (χ1n) is 11.8. The highest BCUT2D eigenvalue weighted by Crippen LogP contribution is 2.70. The van der Waals surface area contributed by atoms with E-state index in [1.165, 1.54) is 62.7 Å². The number of carbonyl (C=O) groups excluding carboxylic acids is 1. The van der Waals surface area contributed by atoms with Crippen LogP contribution in [0.15, 0.2) is 36.4 Å². The lowest BCUT2D eigenvalue weighted by Crippen LogP contribution is -2.64. The highest BCUT2D eigenvalue weighted by Gasteiger charge is 2.63. The predicted molar refractivity (Wildman–Crippen MR) is 119 cm³/mol. The fraction of sp³-hybridized carbons (Fsp3) is 0.654. The second-order valence-corrected chi connectivity index (χ2v) is 11.2. The Labute approximate surface area is 179 Å². The van der Waals surface area contributed by atoms with Crippen molar-refractivity contribution in [1.29, 1.82) is 0 Å². The lowest BCUT2D eigenvalue weighted by molar-refractivity contribution is -0.130. The SMILES string of the molecule is C=C1C[C@@]23CC[C@H]4[C@@](C)(CCC[C@@]4(C)NC(=O)Nc4ccc(F)cc4)[C@@H]2CC[C@H]1C3. The number of rotatable bonds is 2. The molecule has 30 heavy (non-hydrogen) atoms. The molecule has 0 radical (unpaired) electrons. The van der Waals surface area contributed by atoms with Gasteiger partial charge in [0.15, 0.2) is 0 Å². The van der Waals surface area contributed by atoms with Gasteiger partial charge in [-0.2, -0.15) is 0 Å². The summed E-state index contributed by atoms with van der Waals surface area (Å²) in [6, 6.07) is 5.80. The molecule has 0 saturated heterocycles. The summed E-state index contributed by atoms with van der Waals surface area (Å²) in [5.74, 6) is 1.71. The number of amides is 2. The fourth-order valence-corrected chi connectivity index (χ4v) is 8.46. The van der Waals surface area contributed by atoms with Crippen LogP contribution in [0.2, 0.25) is 0 Å². The molecular weight excluding hydrogens is 375 g/mol. The molecule has 4 saturated carbocycles. The largest absolute Gasteiger partial charge is 0.332 e. The van der Waals surface area contributed by atoms with Crippen molar-refractivity contribution >= 4 is 11.7 Å². The van der Waals surface area contributed by atoms with Crippen LogP contribution in [0, 0.1) is 34.4 Å². The van der Waals surface area contributed by atoms with E-state index in [0.717, 1.165) is 24.7 Å². The summed E-state index contributed by atoms with van der Waals surface area (Å²) in [6.07, 6.45) is 11.2. The van der Waals surface area contributed by atoms with Crippen LogP contribution in [0.5, 0.6) is 0 Å². The molecule has 3 nitrogen and oxygen atoms in total. The van der Waals surface area contributed by atoms with Crippen LogP contribution < -0.4 is 10.6 Å². The molecule has 4 fully saturated rings. The van der Waals surface area contributed by atoms with Gasteiger partial charge in [-0.1, -0.05) is 25.5 Å². The number of allylic oxidation sites excluding steroid dienone is 1. The van der Waals surface area contributed by atoms with Crippen molar-refractivity contribution in [2.24, 2.45) is 28.6 Å². The Hall–Kier alpha value is -1.84. The molecule has 6 atom stereocenters. The number of benzene rings is 1. The maximum atomic E-state index is 13.2. The van der Waals surface area contributed by atoms with E-state index in [-0.39, 0.29) is 22.8 Å². The van der Waals surface area contributed by atoms with E-state index >= 15 is 0 Å². The topological polar surface area (TPSA) is 41.1 Å². The van der Waals surface area contributed by atoms with Crippen LogP contribution in [0.4, 0.5) is 14.9 Å². The van der Waals surface area contributed by atoms with E-state index in [9.17, 15) is 9.18 Å². The fourth-order valence-electron chi connectivity index (χ4n) is 8.46. The third kappa shape index (κ3) is 3.01. The Bertz CT molecular complexity index is 866. The number of nitrogens with one attached hydrogen (secondary N) is 2. The average molecular weight is 411 g/mol. The van der Waals surface area contributed by atoms with Crippen LogP contribution in [-0.2, 0) is 0 Å². The highest BCUT2D eigenvalue weighted by atomic mass is 19.1. The van der Waals surface area contributed by atoms with E-state index in [0.29, 0.717) is 17.0 Å². The number of urea groups is 1. The first kappa shape index (κ1) is 20.1. The van der Waals surface area contributed by atoms with Gasteiger partial charge in [0.1, 0.15) is 5.82 Å². The molecule has 5 rings (SSSR count). The Morgan fingerprint density at radius 2 is 1.83 bits per heavy atom. The number of carbonyl (C=O) groups is 1. The number of hydrogen-bond donors (Lipinski definition) is 2. The van der Waals surface area contributed by atoms with Crippen molar-refractivity contribution in [2.45, 2.75) is 77.2 Å². The third-order valence-electron chi connectivity index (χ3n) is 9.56. The summed E-state index contributed by atoms with van der Waals surface area (Å²) in [5, 5.41) is 6.28. The summed E-state index contributed by atoms with van der Waals surface area (Å²) in [7, 11) is 0. The molecule has 2 amide bonds. The summed E-state index contributed by atoms with van der Waals surface area (Å²) < 4.78 is 13.2. The van der Waals surface area contributed by atoms with Crippen LogP contribution in [-0.4, -0.2) is 11.6 Å². The molecule has 1 spiro atoms. The molecule has 0 aliphatic heterocycles. The Balaban J connectivity index is 1.36. The van der Waals surface area contributed by atoms with E-state index in [2.05, 4.69) is 31.1 Å². The number of anilines is 1. The highest BCUT2D eigenvalue weighted by molar-refractivity contribution is 5.89. The predicted octanol–water partition coefficient (Wildman–Crippen LogP) is 6.67. The van der Waals surface area contributed by atoms with Gasteiger partial charge in [-0.25, -0.2) is 9.18 Å². The lowest BCUT2D eigenvalue weighted by Gasteiger charge is -2.64. The number of hydrogen-bond acceptors (Lipinski definition) is 1. The van der Waals surface area contributed by atoms with Crippen LogP contribution in [0.1, 0.15) is 71.6 Å². The third-order valence-corrected chi connectivity index (χ3v) is 9.56. The molecule has 0 unspecified atom stereocenters. The zero-order chi connectivity index (χ0) is 21.1. The van der Waals surface area contributed by atoms with Gasteiger partial charge in [-0.3, -0.25) is 0 Å². The van der Waals surface area contributed by atoms with Crippen molar-refractivity contribution in [3.05, 3.63) is 42.2 Å². The smallest absolute Gasteiger partial charge is 0.319 e. The lowest BCUT2D eigenvalue weighted by atomic mass is 9.42. The van der Waals surface area contributed by atoms with Gasteiger partial charge in [0, 0.05) is 11.2 Å².